The maximum Gasteiger partial charge on any atom is 0.304 e. The Morgan fingerprint density at radius 2 is 1.93 bits per heavy atom. The number of thioether (sulfide) groups is 1. The molecule has 0 aliphatic rings. The first-order valence-electron chi connectivity index (χ1n) is 4.52. The van der Waals surface area contributed by atoms with Crippen LogP contribution in [0.4, 0.5) is 0 Å². The number of carboxylic acid groups (broad SMARTS) is 1. The van der Waals surface area contributed by atoms with Gasteiger partial charge >= 0.3 is 5.97 Å². The molecular weight excluding hydrogens is 196 g/mol. The van der Waals surface area contributed by atoms with E-state index in [0.717, 1.165) is 0 Å². The molecule has 14 heavy (non-hydrogen) atoms. The van der Waals surface area contributed by atoms with Crippen molar-refractivity contribution in [2.75, 3.05) is 5.75 Å². The normalized spacial score (nSPS) is 10.1. The molecule has 0 bridgehead atoms. The Morgan fingerprint density at radius 1 is 1.36 bits per heavy atom. The molecule has 2 nitrogen and oxygen atoms in total. The van der Waals surface area contributed by atoms with Gasteiger partial charge < -0.3 is 5.11 Å². The molecule has 0 heterocycles. The summed E-state index contributed by atoms with van der Waals surface area (Å²) in [4.78, 5) is 11.6. The lowest BCUT2D eigenvalue weighted by atomic mass is 10.2. The molecule has 0 saturated carbocycles. The maximum absolute atomic E-state index is 10.3. The number of benzene rings is 1. The Morgan fingerprint density at radius 3 is 2.43 bits per heavy atom. The van der Waals surface area contributed by atoms with Gasteiger partial charge in [0.1, 0.15) is 0 Å². The van der Waals surface area contributed by atoms with Crippen LogP contribution in [-0.2, 0) is 4.79 Å². The fraction of sp³-hybridized carbons (Fsp3) is 0.364. The molecular formula is C11H14O2S. The predicted molar refractivity (Wildman–Crippen MR) is 58.9 cm³/mol. The highest BCUT2D eigenvalue weighted by Gasteiger charge is 2.03. The van der Waals surface area contributed by atoms with E-state index in [0.29, 0.717) is 5.75 Å². The molecule has 1 N–H and O–H groups in total. The van der Waals surface area contributed by atoms with Crippen LogP contribution in [0.3, 0.4) is 0 Å². The van der Waals surface area contributed by atoms with Gasteiger partial charge in [0, 0.05) is 10.6 Å². The first-order chi connectivity index (χ1) is 6.61. The fourth-order valence-corrected chi connectivity index (χ4v) is 2.34. The topological polar surface area (TPSA) is 37.3 Å². The Labute approximate surface area is 88.3 Å². The van der Waals surface area contributed by atoms with Crippen LogP contribution in [0.5, 0.6) is 0 Å². The molecule has 0 spiro atoms. The number of carbonyl (C=O) groups is 1. The minimum Gasteiger partial charge on any atom is -0.481 e. The van der Waals surface area contributed by atoms with Crippen molar-refractivity contribution in [3.8, 4) is 0 Å². The molecule has 3 heteroatoms. The summed E-state index contributed by atoms with van der Waals surface area (Å²) in [6.07, 6.45) is 0.221. The molecule has 0 aliphatic carbocycles. The van der Waals surface area contributed by atoms with Gasteiger partial charge in [0.05, 0.1) is 6.42 Å². The number of aryl methyl sites for hydroxylation is 2. The van der Waals surface area contributed by atoms with Crippen LogP contribution in [0.15, 0.2) is 23.1 Å². The molecule has 0 aromatic heterocycles. The third-order valence-electron chi connectivity index (χ3n) is 1.97. The molecule has 0 unspecified atom stereocenters. The third kappa shape index (κ3) is 3.07. The minimum absolute atomic E-state index is 0.221. The second-order valence-corrected chi connectivity index (χ2v) is 4.32. The Kier molecular flexibility index (Phi) is 4.01. The number of carboxylic acids is 1. The molecule has 0 aliphatic heterocycles. The van der Waals surface area contributed by atoms with E-state index in [1.54, 1.807) is 11.8 Å². The second-order valence-electron chi connectivity index (χ2n) is 3.21. The van der Waals surface area contributed by atoms with Gasteiger partial charge in [-0.15, -0.1) is 11.8 Å². The lowest BCUT2D eigenvalue weighted by molar-refractivity contribution is -0.136. The number of rotatable bonds is 4. The fourth-order valence-electron chi connectivity index (χ4n) is 1.27. The van der Waals surface area contributed by atoms with Crippen LogP contribution in [0.2, 0.25) is 0 Å². The van der Waals surface area contributed by atoms with E-state index in [9.17, 15) is 4.79 Å². The van der Waals surface area contributed by atoms with Crippen LogP contribution >= 0.6 is 11.8 Å². The van der Waals surface area contributed by atoms with Gasteiger partial charge in [-0.2, -0.15) is 0 Å². The minimum atomic E-state index is -0.733. The zero-order valence-corrected chi connectivity index (χ0v) is 9.23. The van der Waals surface area contributed by atoms with Gasteiger partial charge in [-0.3, -0.25) is 4.79 Å². The molecule has 0 radical (unpaired) electrons. The average molecular weight is 210 g/mol. The zero-order valence-electron chi connectivity index (χ0n) is 8.41. The first kappa shape index (κ1) is 11.1. The first-order valence-corrected chi connectivity index (χ1v) is 5.50. The van der Waals surface area contributed by atoms with Gasteiger partial charge in [-0.05, 0) is 25.0 Å². The molecule has 0 fully saturated rings. The molecule has 0 saturated heterocycles. The van der Waals surface area contributed by atoms with Crippen LogP contribution in [0.25, 0.3) is 0 Å². The van der Waals surface area contributed by atoms with Crippen molar-refractivity contribution in [2.45, 2.75) is 25.2 Å². The molecule has 0 amide bonds. The van der Waals surface area contributed by atoms with Crippen molar-refractivity contribution < 1.29 is 9.90 Å². The van der Waals surface area contributed by atoms with E-state index < -0.39 is 5.97 Å². The summed E-state index contributed by atoms with van der Waals surface area (Å²) in [7, 11) is 0. The summed E-state index contributed by atoms with van der Waals surface area (Å²) < 4.78 is 0. The van der Waals surface area contributed by atoms with Gasteiger partial charge in [0.15, 0.2) is 0 Å². The van der Waals surface area contributed by atoms with E-state index in [1.165, 1.54) is 16.0 Å². The van der Waals surface area contributed by atoms with E-state index in [2.05, 4.69) is 26.0 Å². The quantitative estimate of drug-likeness (QED) is 0.776. The maximum atomic E-state index is 10.3. The average Bonchev–Trinajstić information content (AvgIpc) is 2.09. The van der Waals surface area contributed by atoms with Gasteiger partial charge in [-0.1, -0.05) is 18.2 Å². The summed E-state index contributed by atoms with van der Waals surface area (Å²) in [5.41, 5.74) is 2.45. The van der Waals surface area contributed by atoms with Crippen LogP contribution < -0.4 is 0 Å². The summed E-state index contributed by atoms with van der Waals surface area (Å²) in [5, 5.41) is 8.52. The zero-order chi connectivity index (χ0) is 10.6. The summed E-state index contributed by atoms with van der Waals surface area (Å²) in [6.45, 7) is 4.10. The lowest BCUT2D eigenvalue weighted by Gasteiger charge is -2.07. The van der Waals surface area contributed by atoms with E-state index >= 15 is 0 Å². The summed E-state index contributed by atoms with van der Waals surface area (Å²) in [6, 6.07) is 6.12. The van der Waals surface area contributed by atoms with E-state index in [4.69, 9.17) is 5.11 Å². The lowest BCUT2D eigenvalue weighted by Crippen LogP contribution is -1.96. The van der Waals surface area contributed by atoms with Crippen LogP contribution in [0.1, 0.15) is 17.5 Å². The second kappa shape index (κ2) is 5.05. The van der Waals surface area contributed by atoms with Crippen molar-refractivity contribution in [1.29, 1.82) is 0 Å². The number of hydrogen-bond donors (Lipinski definition) is 1. The van der Waals surface area contributed by atoms with Crippen molar-refractivity contribution in [3.05, 3.63) is 29.3 Å². The highest BCUT2D eigenvalue weighted by molar-refractivity contribution is 7.99. The van der Waals surface area contributed by atoms with E-state index in [1.807, 2.05) is 6.07 Å². The number of hydrogen-bond acceptors (Lipinski definition) is 2. The Bertz CT molecular complexity index is 314. The van der Waals surface area contributed by atoms with Crippen molar-refractivity contribution in [3.63, 3.8) is 0 Å². The molecule has 1 aromatic carbocycles. The standard InChI is InChI=1S/C11H14O2S/c1-8-4-3-5-9(2)11(8)14-7-6-10(12)13/h3-5H,6-7H2,1-2H3,(H,12,13). The summed E-state index contributed by atoms with van der Waals surface area (Å²) in [5.74, 6) is -0.0927. The van der Waals surface area contributed by atoms with Crippen LogP contribution in [-0.4, -0.2) is 16.8 Å². The van der Waals surface area contributed by atoms with Gasteiger partial charge in [-0.25, -0.2) is 0 Å². The molecule has 0 atom stereocenters. The molecule has 1 rings (SSSR count). The smallest absolute Gasteiger partial charge is 0.304 e. The van der Waals surface area contributed by atoms with E-state index in [-0.39, 0.29) is 6.42 Å². The molecule has 76 valence electrons. The number of aliphatic carboxylic acids is 1. The monoisotopic (exact) mass is 210 g/mol. The summed E-state index contributed by atoms with van der Waals surface area (Å²) >= 11 is 1.62. The van der Waals surface area contributed by atoms with Crippen molar-refractivity contribution in [2.24, 2.45) is 0 Å². The largest absolute Gasteiger partial charge is 0.481 e. The van der Waals surface area contributed by atoms with Gasteiger partial charge in [0.25, 0.3) is 0 Å². The van der Waals surface area contributed by atoms with Crippen LogP contribution in [0, 0.1) is 13.8 Å². The third-order valence-corrected chi connectivity index (χ3v) is 3.31. The highest BCUT2D eigenvalue weighted by atomic mass is 32.2. The molecule has 1 aromatic rings. The Balaban J connectivity index is 2.62. The van der Waals surface area contributed by atoms with Gasteiger partial charge in [0.2, 0.25) is 0 Å². The SMILES string of the molecule is Cc1cccc(C)c1SCCC(=O)O. The Hall–Kier alpha value is -0.960. The highest BCUT2D eigenvalue weighted by Crippen LogP contribution is 2.26. The van der Waals surface area contributed by atoms with Crippen molar-refractivity contribution >= 4 is 17.7 Å². The predicted octanol–water partition coefficient (Wildman–Crippen LogP) is 2.87. The van der Waals surface area contributed by atoms with Crippen molar-refractivity contribution in [1.82, 2.24) is 0 Å².